The normalized spacial score (nSPS) is 14.6. The molecule has 2 amide bonds. The first-order chi connectivity index (χ1) is 15.5. The highest BCUT2D eigenvalue weighted by Gasteiger charge is 2.35. The summed E-state index contributed by atoms with van der Waals surface area (Å²) in [6.07, 6.45) is 2.61. The molecule has 1 aliphatic rings. The van der Waals surface area contributed by atoms with Crippen LogP contribution in [-0.4, -0.2) is 61.3 Å². The number of carbonyl (C=O) groups excluding carboxylic acids is 2. The molecule has 4 rings (SSSR count). The van der Waals surface area contributed by atoms with Gasteiger partial charge in [-0.1, -0.05) is 0 Å². The molecule has 3 aromatic rings. The van der Waals surface area contributed by atoms with Crippen molar-refractivity contribution in [3.05, 3.63) is 53.5 Å². The number of nitrogens with one attached hydrogen (secondary N) is 1. The van der Waals surface area contributed by atoms with E-state index in [0.29, 0.717) is 5.56 Å². The number of rotatable bonds is 7. The number of anilines is 1. The quantitative estimate of drug-likeness (QED) is 0.558. The van der Waals surface area contributed by atoms with Gasteiger partial charge in [-0.2, -0.15) is 13.9 Å². The van der Waals surface area contributed by atoms with E-state index in [4.69, 9.17) is 0 Å². The molecule has 2 aromatic heterocycles. The fourth-order valence-electron chi connectivity index (χ4n) is 3.43. The lowest BCUT2D eigenvalue weighted by molar-refractivity contribution is -0.0494. The number of aromatic nitrogens is 3. The van der Waals surface area contributed by atoms with Crippen LogP contribution in [0.1, 0.15) is 40.1 Å². The predicted molar refractivity (Wildman–Crippen MR) is 110 cm³/mol. The van der Waals surface area contributed by atoms with Crippen molar-refractivity contribution in [1.29, 1.82) is 0 Å². The van der Waals surface area contributed by atoms with Crippen molar-refractivity contribution in [3.8, 4) is 5.75 Å². The Morgan fingerprint density at radius 2 is 2.09 bits per heavy atom. The lowest BCUT2D eigenvalue weighted by atomic mass is 10.0. The van der Waals surface area contributed by atoms with Crippen LogP contribution in [0.3, 0.4) is 0 Å². The van der Waals surface area contributed by atoms with Crippen LogP contribution in [0.2, 0.25) is 0 Å². The lowest BCUT2D eigenvalue weighted by Crippen LogP contribution is -2.42. The number of aliphatic hydroxyl groups is 1. The van der Waals surface area contributed by atoms with E-state index in [2.05, 4.69) is 20.1 Å². The topological polar surface area (TPSA) is 109 Å². The Morgan fingerprint density at radius 1 is 1.33 bits per heavy atom. The first-order valence-corrected chi connectivity index (χ1v) is 9.91. The summed E-state index contributed by atoms with van der Waals surface area (Å²) in [7, 11) is 0. The zero-order chi connectivity index (χ0) is 23.9. The Hall–Kier alpha value is -3.67. The van der Waals surface area contributed by atoms with Gasteiger partial charge in [-0.15, -0.1) is 0 Å². The Bertz CT molecular complexity index is 1220. The van der Waals surface area contributed by atoms with Crippen molar-refractivity contribution in [2.45, 2.75) is 38.8 Å². The zero-order valence-electron chi connectivity index (χ0n) is 17.6. The van der Waals surface area contributed by atoms with Gasteiger partial charge in [-0.05, 0) is 37.6 Å². The highest BCUT2D eigenvalue weighted by atomic mass is 19.3. The molecule has 0 aliphatic carbocycles. The third-order valence-electron chi connectivity index (χ3n) is 5.22. The number of carbonyl (C=O) groups is 2. The van der Waals surface area contributed by atoms with E-state index in [9.17, 15) is 27.9 Å². The van der Waals surface area contributed by atoms with Crippen molar-refractivity contribution < 1.29 is 32.6 Å². The molecular weight excluding hydrogens is 443 g/mol. The maximum atomic E-state index is 14.3. The third kappa shape index (κ3) is 4.46. The van der Waals surface area contributed by atoms with E-state index < -0.39 is 42.5 Å². The molecule has 9 nitrogen and oxygen atoms in total. The molecule has 0 saturated carbocycles. The van der Waals surface area contributed by atoms with E-state index in [1.54, 1.807) is 12.3 Å². The number of fused-ring (bicyclic) bond motifs is 2. The van der Waals surface area contributed by atoms with Gasteiger partial charge in [0.15, 0.2) is 5.65 Å². The summed E-state index contributed by atoms with van der Waals surface area (Å²) in [5, 5.41) is 16.3. The second-order valence-corrected chi connectivity index (χ2v) is 8.09. The standard InChI is InChI=1S/C21H20F3N5O4/c1-21(2,32)16(22)10-28-9-11-6-14(15(33-20(23)24)7-12(11)19(28)31)27-18(30)13-8-26-29-5-3-4-25-17(13)29/h3-8,16,20,32H,9-10H2,1-2H3,(H,27,30). The molecule has 2 N–H and O–H groups in total. The minimum absolute atomic E-state index is 0.0270. The van der Waals surface area contributed by atoms with Gasteiger partial charge >= 0.3 is 6.61 Å². The van der Waals surface area contributed by atoms with Crippen LogP contribution in [-0.2, 0) is 6.54 Å². The van der Waals surface area contributed by atoms with Crippen molar-refractivity contribution in [2.75, 3.05) is 11.9 Å². The summed E-state index contributed by atoms with van der Waals surface area (Å²) in [5.41, 5.74) is -0.970. The molecule has 1 atom stereocenters. The van der Waals surface area contributed by atoms with Crippen LogP contribution < -0.4 is 10.1 Å². The Morgan fingerprint density at radius 3 is 2.79 bits per heavy atom. The van der Waals surface area contributed by atoms with Gasteiger partial charge in [0.05, 0.1) is 24.0 Å². The zero-order valence-corrected chi connectivity index (χ0v) is 17.6. The van der Waals surface area contributed by atoms with E-state index in [-0.39, 0.29) is 29.0 Å². The fourth-order valence-corrected chi connectivity index (χ4v) is 3.43. The maximum Gasteiger partial charge on any atom is 0.387 e. The molecular formula is C21H20F3N5O4. The van der Waals surface area contributed by atoms with Gasteiger partial charge in [0.2, 0.25) is 0 Å². The molecule has 0 spiro atoms. The Balaban J connectivity index is 1.64. The first kappa shape index (κ1) is 22.5. The predicted octanol–water partition coefficient (Wildman–Crippen LogP) is 2.65. The van der Waals surface area contributed by atoms with Gasteiger partial charge in [-0.3, -0.25) is 9.59 Å². The van der Waals surface area contributed by atoms with Crippen molar-refractivity contribution in [1.82, 2.24) is 19.5 Å². The van der Waals surface area contributed by atoms with E-state index in [0.717, 1.165) is 11.0 Å². The smallest absolute Gasteiger partial charge is 0.387 e. The molecule has 1 aromatic carbocycles. The second kappa shape index (κ2) is 8.35. The van der Waals surface area contributed by atoms with Crippen molar-refractivity contribution in [2.24, 2.45) is 0 Å². The summed E-state index contributed by atoms with van der Waals surface area (Å²) in [6.45, 7) is -1.07. The number of hydrogen-bond acceptors (Lipinski definition) is 6. The van der Waals surface area contributed by atoms with Crippen LogP contribution in [0.5, 0.6) is 5.75 Å². The van der Waals surface area contributed by atoms with Crippen LogP contribution in [0.25, 0.3) is 5.65 Å². The maximum absolute atomic E-state index is 14.3. The van der Waals surface area contributed by atoms with E-state index in [1.165, 1.54) is 36.8 Å². The Labute approximate surface area is 185 Å². The molecule has 33 heavy (non-hydrogen) atoms. The van der Waals surface area contributed by atoms with Gasteiger partial charge in [-0.25, -0.2) is 13.9 Å². The van der Waals surface area contributed by atoms with Crippen LogP contribution in [0.15, 0.2) is 36.8 Å². The highest BCUT2D eigenvalue weighted by Crippen LogP contribution is 2.35. The number of nitrogens with zero attached hydrogens (tertiary/aromatic N) is 4. The molecule has 3 heterocycles. The van der Waals surface area contributed by atoms with E-state index in [1.807, 2.05) is 0 Å². The third-order valence-corrected chi connectivity index (χ3v) is 5.22. The molecule has 174 valence electrons. The number of benzene rings is 1. The summed E-state index contributed by atoms with van der Waals surface area (Å²) in [6, 6.07) is 4.05. The minimum Gasteiger partial charge on any atom is -0.433 e. The first-order valence-electron chi connectivity index (χ1n) is 9.91. The van der Waals surface area contributed by atoms with Crippen molar-refractivity contribution >= 4 is 23.1 Å². The van der Waals surface area contributed by atoms with Crippen LogP contribution >= 0.6 is 0 Å². The molecule has 1 aliphatic heterocycles. The van der Waals surface area contributed by atoms with Gasteiger partial charge < -0.3 is 20.1 Å². The fraction of sp³-hybridized carbons (Fsp3) is 0.333. The summed E-state index contributed by atoms with van der Waals surface area (Å²) in [4.78, 5) is 30.7. The summed E-state index contributed by atoms with van der Waals surface area (Å²) >= 11 is 0. The number of amides is 2. The van der Waals surface area contributed by atoms with Gasteiger partial charge in [0, 0.05) is 24.5 Å². The minimum atomic E-state index is -3.21. The molecule has 0 saturated heterocycles. The largest absolute Gasteiger partial charge is 0.433 e. The molecule has 12 heteroatoms. The average Bonchev–Trinajstić information content (AvgIpc) is 3.29. The number of alkyl halides is 3. The number of hydrogen-bond donors (Lipinski definition) is 2. The SMILES string of the molecule is CC(C)(O)C(F)CN1Cc2cc(NC(=O)c3cnn4cccnc34)c(OC(F)F)cc2C1=O. The summed E-state index contributed by atoms with van der Waals surface area (Å²) < 4.78 is 46.2. The Kier molecular flexibility index (Phi) is 5.70. The monoisotopic (exact) mass is 463 g/mol. The number of halogens is 3. The van der Waals surface area contributed by atoms with Crippen LogP contribution in [0.4, 0.5) is 18.9 Å². The molecule has 0 fully saturated rings. The average molecular weight is 463 g/mol. The van der Waals surface area contributed by atoms with E-state index >= 15 is 0 Å². The number of ether oxygens (including phenoxy) is 1. The second-order valence-electron chi connectivity index (χ2n) is 8.09. The highest BCUT2D eigenvalue weighted by molar-refractivity contribution is 6.09. The lowest BCUT2D eigenvalue weighted by Gasteiger charge is -2.26. The van der Waals surface area contributed by atoms with Gasteiger partial charge in [0.25, 0.3) is 11.8 Å². The molecule has 1 unspecified atom stereocenters. The molecule has 0 radical (unpaired) electrons. The van der Waals surface area contributed by atoms with Gasteiger partial charge in [0.1, 0.15) is 17.5 Å². The summed E-state index contributed by atoms with van der Waals surface area (Å²) in [5.74, 6) is -1.69. The van der Waals surface area contributed by atoms with Crippen LogP contribution in [0, 0.1) is 0 Å². The molecule has 0 bridgehead atoms. The van der Waals surface area contributed by atoms with Crippen molar-refractivity contribution in [3.63, 3.8) is 0 Å².